The lowest BCUT2D eigenvalue weighted by Crippen LogP contribution is -2.29. The number of pyridine rings is 1. The first-order valence-corrected chi connectivity index (χ1v) is 5.53. The Labute approximate surface area is 100 Å². The van der Waals surface area contributed by atoms with E-state index in [1.54, 1.807) is 12.1 Å². The van der Waals surface area contributed by atoms with Gasteiger partial charge in [-0.25, -0.2) is 9.78 Å². The summed E-state index contributed by atoms with van der Waals surface area (Å²) in [6.45, 7) is 2.01. The number of carboxylic acids is 1. The number of aliphatic carboxylic acids is 1. The molecule has 0 spiro atoms. The Morgan fingerprint density at radius 3 is 3.06 bits per heavy atom. The summed E-state index contributed by atoms with van der Waals surface area (Å²) in [6, 6.07) is 4.49. The molecule has 5 heteroatoms. The summed E-state index contributed by atoms with van der Waals surface area (Å²) < 4.78 is 0. The van der Waals surface area contributed by atoms with Crippen LogP contribution in [0.25, 0.3) is 0 Å². The van der Waals surface area contributed by atoms with Crippen LogP contribution in [0, 0.1) is 11.3 Å². The van der Waals surface area contributed by atoms with E-state index in [0.29, 0.717) is 12.1 Å². The predicted octanol–water partition coefficient (Wildman–Crippen LogP) is 2.01. The molecule has 0 saturated heterocycles. The normalized spacial score (nSPS) is 11.5. The fraction of sp³-hybridized carbons (Fsp3) is 0.417. The summed E-state index contributed by atoms with van der Waals surface area (Å²) in [6.07, 6.45) is 3.85. The SMILES string of the molecule is CCCCC(Nc1ccnc(C#N)c1)C(=O)O. The van der Waals surface area contributed by atoms with Crippen LogP contribution in [0.3, 0.4) is 0 Å². The van der Waals surface area contributed by atoms with Crippen LogP contribution < -0.4 is 5.32 Å². The van der Waals surface area contributed by atoms with Crippen molar-refractivity contribution in [2.24, 2.45) is 0 Å². The van der Waals surface area contributed by atoms with Crippen molar-refractivity contribution in [3.8, 4) is 6.07 Å². The molecule has 0 amide bonds. The number of carboxylic acid groups (broad SMARTS) is 1. The third-order valence-corrected chi connectivity index (χ3v) is 2.36. The van der Waals surface area contributed by atoms with Crippen LogP contribution in [0.15, 0.2) is 18.3 Å². The summed E-state index contributed by atoms with van der Waals surface area (Å²) in [4.78, 5) is 14.8. The van der Waals surface area contributed by atoms with Crippen LogP contribution in [-0.4, -0.2) is 22.1 Å². The molecule has 0 aromatic carbocycles. The van der Waals surface area contributed by atoms with E-state index < -0.39 is 12.0 Å². The molecule has 2 N–H and O–H groups in total. The molecule has 1 aromatic heterocycles. The number of rotatable bonds is 6. The molecule has 5 nitrogen and oxygen atoms in total. The minimum absolute atomic E-state index is 0.273. The van der Waals surface area contributed by atoms with Crippen LogP contribution >= 0.6 is 0 Å². The molecule has 0 aliphatic heterocycles. The smallest absolute Gasteiger partial charge is 0.326 e. The van der Waals surface area contributed by atoms with Crippen LogP contribution in [0.5, 0.6) is 0 Å². The van der Waals surface area contributed by atoms with Gasteiger partial charge in [-0.1, -0.05) is 19.8 Å². The summed E-state index contributed by atoms with van der Waals surface area (Å²) in [7, 11) is 0. The van der Waals surface area contributed by atoms with E-state index in [0.717, 1.165) is 12.8 Å². The molecule has 17 heavy (non-hydrogen) atoms. The van der Waals surface area contributed by atoms with Crippen LogP contribution in [0.1, 0.15) is 31.9 Å². The average molecular weight is 233 g/mol. The minimum atomic E-state index is -0.881. The molecule has 0 radical (unpaired) electrons. The van der Waals surface area contributed by atoms with Crippen molar-refractivity contribution < 1.29 is 9.90 Å². The van der Waals surface area contributed by atoms with Gasteiger partial charge in [0.15, 0.2) is 0 Å². The van der Waals surface area contributed by atoms with E-state index in [4.69, 9.17) is 10.4 Å². The Bertz CT molecular complexity index is 426. The van der Waals surface area contributed by atoms with Gasteiger partial charge in [-0.2, -0.15) is 5.26 Å². The molecule has 1 aromatic rings. The zero-order chi connectivity index (χ0) is 12.7. The number of unbranched alkanes of at least 4 members (excludes halogenated alkanes) is 1. The van der Waals surface area contributed by atoms with Crippen molar-refractivity contribution in [1.29, 1.82) is 5.26 Å². The number of hydrogen-bond donors (Lipinski definition) is 2. The predicted molar refractivity (Wildman–Crippen MR) is 63.5 cm³/mol. The summed E-state index contributed by atoms with van der Waals surface area (Å²) >= 11 is 0. The molecular weight excluding hydrogens is 218 g/mol. The van der Waals surface area contributed by atoms with E-state index in [1.807, 2.05) is 13.0 Å². The first kappa shape index (κ1) is 13.0. The average Bonchev–Trinajstić information content (AvgIpc) is 2.34. The Hall–Kier alpha value is -2.09. The van der Waals surface area contributed by atoms with Crippen molar-refractivity contribution in [3.05, 3.63) is 24.0 Å². The van der Waals surface area contributed by atoms with Crippen molar-refractivity contribution >= 4 is 11.7 Å². The topological polar surface area (TPSA) is 86.0 Å². The third kappa shape index (κ3) is 4.11. The second kappa shape index (κ2) is 6.48. The lowest BCUT2D eigenvalue weighted by atomic mass is 10.1. The van der Waals surface area contributed by atoms with Gasteiger partial charge in [0.2, 0.25) is 0 Å². The van der Waals surface area contributed by atoms with Gasteiger partial charge in [0.1, 0.15) is 17.8 Å². The van der Waals surface area contributed by atoms with Gasteiger partial charge in [0, 0.05) is 11.9 Å². The van der Waals surface area contributed by atoms with Gasteiger partial charge in [-0.15, -0.1) is 0 Å². The first-order chi connectivity index (χ1) is 8.17. The van der Waals surface area contributed by atoms with Gasteiger partial charge in [-0.05, 0) is 18.6 Å². The molecule has 1 atom stereocenters. The van der Waals surface area contributed by atoms with E-state index in [1.165, 1.54) is 6.20 Å². The number of hydrogen-bond acceptors (Lipinski definition) is 4. The number of nitrogens with zero attached hydrogens (tertiary/aromatic N) is 2. The second-order valence-corrected chi connectivity index (χ2v) is 3.72. The molecule has 0 aliphatic rings. The molecule has 0 aliphatic carbocycles. The highest BCUT2D eigenvalue weighted by atomic mass is 16.4. The summed E-state index contributed by atoms with van der Waals surface area (Å²) in [5.41, 5.74) is 0.884. The number of nitrogens with one attached hydrogen (secondary N) is 1. The quantitative estimate of drug-likeness (QED) is 0.784. The third-order valence-electron chi connectivity index (χ3n) is 2.36. The van der Waals surface area contributed by atoms with Crippen molar-refractivity contribution in [2.45, 2.75) is 32.2 Å². The van der Waals surface area contributed by atoms with Gasteiger partial charge >= 0.3 is 5.97 Å². The van der Waals surface area contributed by atoms with Gasteiger partial charge in [0.05, 0.1) is 0 Å². The van der Waals surface area contributed by atoms with E-state index in [-0.39, 0.29) is 5.69 Å². The zero-order valence-corrected chi connectivity index (χ0v) is 9.68. The van der Waals surface area contributed by atoms with Crippen molar-refractivity contribution in [3.63, 3.8) is 0 Å². The lowest BCUT2D eigenvalue weighted by Gasteiger charge is -2.15. The molecular formula is C12H15N3O2. The highest BCUT2D eigenvalue weighted by Gasteiger charge is 2.16. The molecule has 90 valence electrons. The fourth-order valence-electron chi connectivity index (χ4n) is 1.45. The number of nitriles is 1. The Kier molecular flexibility index (Phi) is 4.95. The first-order valence-electron chi connectivity index (χ1n) is 5.53. The van der Waals surface area contributed by atoms with Crippen molar-refractivity contribution in [1.82, 2.24) is 4.98 Å². The standard InChI is InChI=1S/C12H15N3O2/c1-2-3-4-11(12(16)17)15-9-5-6-14-10(7-9)8-13/h5-7,11H,2-4H2,1H3,(H,14,15)(H,16,17). The highest BCUT2D eigenvalue weighted by Crippen LogP contribution is 2.12. The number of aromatic nitrogens is 1. The van der Waals surface area contributed by atoms with Gasteiger partial charge in [-0.3, -0.25) is 0 Å². The fourth-order valence-corrected chi connectivity index (χ4v) is 1.45. The second-order valence-electron chi connectivity index (χ2n) is 3.72. The van der Waals surface area contributed by atoms with E-state index >= 15 is 0 Å². The Morgan fingerprint density at radius 2 is 2.47 bits per heavy atom. The molecule has 1 heterocycles. The van der Waals surface area contributed by atoms with Crippen LogP contribution in [0.4, 0.5) is 5.69 Å². The number of carbonyl (C=O) groups is 1. The Balaban J connectivity index is 2.72. The maximum atomic E-state index is 11.0. The summed E-state index contributed by atoms with van der Waals surface area (Å²) in [5, 5.41) is 20.6. The molecule has 0 saturated carbocycles. The maximum Gasteiger partial charge on any atom is 0.326 e. The van der Waals surface area contributed by atoms with Gasteiger partial charge in [0.25, 0.3) is 0 Å². The molecule has 1 unspecified atom stereocenters. The molecule has 1 rings (SSSR count). The largest absolute Gasteiger partial charge is 0.480 e. The number of anilines is 1. The zero-order valence-electron chi connectivity index (χ0n) is 9.68. The minimum Gasteiger partial charge on any atom is -0.480 e. The lowest BCUT2D eigenvalue weighted by molar-refractivity contribution is -0.138. The Morgan fingerprint density at radius 1 is 1.71 bits per heavy atom. The van der Waals surface area contributed by atoms with E-state index in [2.05, 4.69) is 10.3 Å². The molecule has 0 bridgehead atoms. The summed E-state index contributed by atoms with van der Waals surface area (Å²) in [5.74, 6) is -0.881. The monoisotopic (exact) mass is 233 g/mol. The van der Waals surface area contributed by atoms with E-state index in [9.17, 15) is 4.79 Å². The van der Waals surface area contributed by atoms with Crippen LogP contribution in [0.2, 0.25) is 0 Å². The van der Waals surface area contributed by atoms with Crippen LogP contribution in [-0.2, 0) is 4.79 Å². The molecule has 0 fully saturated rings. The maximum absolute atomic E-state index is 11.0. The highest BCUT2D eigenvalue weighted by molar-refractivity contribution is 5.77. The van der Waals surface area contributed by atoms with Crippen molar-refractivity contribution in [2.75, 3.05) is 5.32 Å². The van der Waals surface area contributed by atoms with Gasteiger partial charge < -0.3 is 10.4 Å².